The molecule has 1 saturated heterocycles. The fourth-order valence-electron chi connectivity index (χ4n) is 1.26. The second-order valence-electron chi connectivity index (χ2n) is 2.79. The van der Waals surface area contributed by atoms with Crippen molar-refractivity contribution in [2.45, 2.75) is 32.2 Å². The van der Waals surface area contributed by atoms with E-state index in [-0.39, 0.29) is 5.91 Å². The smallest absolute Gasteiger partial charge is 0.220 e. The van der Waals surface area contributed by atoms with Crippen molar-refractivity contribution in [2.24, 2.45) is 0 Å². The van der Waals surface area contributed by atoms with Crippen LogP contribution in [0.15, 0.2) is 0 Å². The van der Waals surface area contributed by atoms with Crippen LogP contribution in [0.25, 0.3) is 0 Å². The Balaban J connectivity index is 2.04. The maximum atomic E-state index is 10.7. The number of carbonyl (C=O) groups is 1. The highest BCUT2D eigenvalue weighted by Crippen LogP contribution is 2.09. The molecule has 1 heterocycles. The Bertz CT molecular complexity index is 136. The molecule has 1 unspecified atom stereocenters. The van der Waals surface area contributed by atoms with Crippen LogP contribution < -0.4 is 5.32 Å². The first-order chi connectivity index (χ1) is 5.33. The van der Waals surface area contributed by atoms with E-state index >= 15 is 0 Å². The van der Waals surface area contributed by atoms with Gasteiger partial charge >= 0.3 is 0 Å². The van der Waals surface area contributed by atoms with Crippen molar-refractivity contribution in [3.05, 3.63) is 0 Å². The molecular formula is C8H15NO2. The minimum atomic E-state index is 0.187. The largest absolute Gasteiger partial charge is 0.382 e. The van der Waals surface area contributed by atoms with E-state index in [1.165, 1.54) is 0 Å². The molecule has 0 saturated carbocycles. The van der Waals surface area contributed by atoms with Gasteiger partial charge in [0, 0.05) is 25.7 Å². The van der Waals surface area contributed by atoms with Gasteiger partial charge in [0.15, 0.2) is 0 Å². The summed E-state index contributed by atoms with van der Waals surface area (Å²) in [5.41, 5.74) is 0. The van der Waals surface area contributed by atoms with Gasteiger partial charge in [-0.25, -0.2) is 0 Å². The SMILES string of the molecule is CCOCCC1CCC(=O)N1. The summed E-state index contributed by atoms with van der Waals surface area (Å²) in [7, 11) is 0. The van der Waals surface area contributed by atoms with E-state index < -0.39 is 0 Å². The molecule has 1 aliphatic rings. The molecule has 0 aromatic heterocycles. The molecule has 1 aliphatic heterocycles. The summed E-state index contributed by atoms with van der Waals surface area (Å²) in [6, 6.07) is 0.369. The maximum absolute atomic E-state index is 10.7. The number of hydrogen-bond donors (Lipinski definition) is 1. The first-order valence-corrected chi connectivity index (χ1v) is 4.20. The van der Waals surface area contributed by atoms with Crippen LogP contribution in [0.4, 0.5) is 0 Å². The lowest BCUT2D eigenvalue weighted by atomic mass is 10.2. The molecule has 3 heteroatoms. The Morgan fingerprint density at radius 2 is 2.55 bits per heavy atom. The molecule has 1 fully saturated rings. The average molecular weight is 157 g/mol. The summed E-state index contributed by atoms with van der Waals surface area (Å²) in [5.74, 6) is 0.187. The molecule has 11 heavy (non-hydrogen) atoms. The molecule has 0 spiro atoms. The third-order valence-electron chi connectivity index (χ3n) is 1.90. The molecule has 0 aromatic rings. The Kier molecular flexibility index (Phi) is 3.36. The third kappa shape index (κ3) is 2.89. The highest BCUT2D eigenvalue weighted by Gasteiger charge is 2.19. The zero-order valence-electron chi connectivity index (χ0n) is 6.93. The summed E-state index contributed by atoms with van der Waals surface area (Å²) < 4.78 is 5.18. The standard InChI is InChI=1S/C8H15NO2/c1-2-11-6-5-7-3-4-8(10)9-7/h7H,2-6H2,1H3,(H,9,10). The zero-order valence-corrected chi connectivity index (χ0v) is 6.93. The van der Waals surface area contributed by atoms with Crippen LogP contribution in [0, 0.1) is 0 Å². The Hall–Kier alpha value is -0.570. The van der Waals surface area contributed by atoms with Crippen molar-refractivity contribution >= 4 is 5.91 Å². The second-order valence-corrected chi connectivity index (χ2v) is 2.79. The Morgan fingerprint density at radius 3 is 3.09 bits per heavy atom. The van der Waals surface area contributed by atoms with Gasteiger partial charge in [-0.1, -0.05) is 0 Å². The summed E-state index contributed by atoms with van der Waals surface area (Å²) in [4.78, 5) is 10.7. The summed E-state index contributed by atoms with van der Waals surface area (Å²) >= 11 is 0. The molecule has 0 aromatic carbocycles. The van der Waals surface area contributed by atoms with Gasteiger partial charge in [0.2, 0.25) is 5.91 Å². The van der Waals surface area contributed by atoms with E-state index in [0.717, 1.165) is 26.1 Å². The van der Waals surface area contributed by atoms with E-state index in [9.17, 15) is 4.79 Å². The number of hydrogen-bond acceptors (Lipinski definition) is 2. The van der Waals surface area contributed by atoms with Crippen molar-refractivity contribution in [3.8, 4) is 0 Å². The predicted octanol–water partition coefficient (Wildman–Crippen LogP) is 0.692. The molecule has 1 amide bonds. The van der Waals surface area contributed by atoms with Gasteiger partial charge in [0.1, 0.15) is 0 Å². The van der Waals surface area contributed by atoms with Gasteiger partial charge in [0.25, 0.3) is 0 Å². The van der Waals surface area contributed by atoms with Crippen LogP contribution in [0.3, 0.4) is 0 Å². The van der Waals surface area contributed by atoms with Gasteiger partial charge in [0.05, 0.1) is 0 Å². The van der Waals surface area contributed by atoms with Crippen molar-refractivity contribution in [3.63, 3.8) is 0 Å². The van der Waals surface area contributed by atoms with Gasteiger partial charge < -0.3 is 10.1 Å². The van der Waals surface area contributed by atoms with Crippen LogP contribution in [-0.4, -0.2) is 25.2 Å². The van der Waals surface area contributed by atoms with Gasteiger partial charge in [-0.05, 0) is 19.8 Å². The Labute approximate surface area is 67.1 Å². The van der Waals surface area contributed by atoms with Crippen molar-refractivity contribution < 1.29 is 9.53 Å². The van der Waals surface area contributed by atoms with Crippen molar-refractivity contribution in [1.82, 2.24) is 5.32 Å². The molecule has 64 valence electrons. The number of ether oxygens (including phenoxy) is 1. The topological polar surface area (TPSA) is 38.3 Å². The fraction of sp³-hybridized carbons (Fsp3) is 0.875. The molecule has 0 aliphatic carbocycles. The lowest BCUT2D eigenvalue weighted by molar-refractivity contribution is -0.119. The first kappa shape index (κ1) is 8.53. The number of rotatable bonds is 4. The molecule has 3 nitrogen and oxygen atoms in total. The van der Waals surface area contributed by atoms with E-state index in [4.69, 9.17) is 4.74 Å². The van der Waals surface area contributed by atoms with E-state index in [1.54, 1.807) is 0 Å². The van der Waals surface area contributed by atoms with Gasteiger partial charge in [-0.15, -0.1) is 0 Å². The van der Waals surface area contributed by atoms with Crippen LogP contribution in [0.5, 0.6) is 0 Å². The molecule has 0 radical (unpaired) electrons. The van der Waals surface area contributed by atoms with Gasteiger partial charge in [-0.3, -0.25) is 4.79 Å². The number of nitrogens with one attached hydrogen (secondary N) is 1. The van der Waals surface area contributed by atoms with Crippen LogP contribution in [0.1, 0.15) is 26.2 Å². The first-order valence-electron chi connectivity index (χ1n) is 4.20. The van der Waals surface area contributed by atoms with E-state index in [2.05, 4.69) is 5.32 Å². The van der Waals surface area contributed by atoms with Crippen LogP contribution in [0.2, 0.25) is 0 Å². The highest BCUT2D eigenvalue weighted by atomic mass is 16.5. The van der Waals surface area contributed by atoms with Gasteiger partial charge in [-0.2, -0.15) is 0 Å². The lowest BCUT2D eigenvalue weighted by Crippen LogP contribution is -2.26. The quantitative estimate of drug-likeness (QED) is 0.610. The third-order valence-corrected chi connectivity index (χ3v) is 1.90. The summed E-state index contributed by atoms with van der Waals surface area (Å²) in [5, 5.41) is 2.89. The number of carbonyl (C=O) groups excluding carboxylic acids is 1. The normalized spacial score (nSPS) is 23.7. The molecule has 1 atom stereocenters. The lowest BCUT2D eigenvalue weighted by Gasteiger charge is -2.08. The second kappa shape index (κ2) is 4.34. The summed E-state index contributed by atoms with van der Waals surface area (Å²) in [6.45, 7) is 3.51. The van der Waals surface area contributed by atoms with E-state index in [0.29, 0.717) is 12.5 Å². The van der Waals surface area contributed by atoms with Crippen molar-refractivity contribution in [1.29, 1.82) is 0 Å². The summed E-state index contributed by atoms with van der Waals surface area (Å²) in [6.07, 6.45) is 2.63. The predicted molar refractivity (Wildman–Crippen MR) is 42.3 cm³/mol. The zero-order chi connectivity index (χ0) is 8.10. The monoisotopic (exact) mass is 157 g/mol. The highest BCUT2D eigenvalue weighted by molar-refractivity contribution is 5.78. The molecule has 1 rings (SSSR count). The molecular weight excluding hydrogens is 142 g/mol. The maximum Gasteiger partial charge on any atom is 0.220 e. The number of amides is 1. The van der Waals surface area contributed by atoms with E-state index in [1.807, 2.05) is 6.92 Å². The molecule has 0 bridgehead atoms. The Morgan fingerprint density at radius 1 is 1.73 bits per heavy atom. The van der Waals surface area contributed by atoms with Crippen molar-refractivity contribution in [2.75, 3.05) is 13.2 Å². The minimum absolute atomic E-state index is 0.187. The average Bonchev–Trinajstić information content (AvgIpc) is 2.37. The van der Waals surface area contributed by atoms with Crippen LogP contribution >= 0.6 is 0 Å². The molecule has 1 N–H and O–H groups in total. The fourth-order valence-corrected chi connectivity index (χ4v) is 1.26. The van der Waals surface area contributed by atoms with Crippen LogP contribution in [-0.2, 0) is 9.53 Å². The minimum Gasteiger partial charge on any atom is -0.382 e.